The average molecular weight is 252 g/mol. The fourth-order valence-corrected chi connectivity index (χ4v) is 3.40. The van der Waals surface area contributed by atoms with Gasteiger partial charge in [0.15, 0.2) is 0 Å². The zero-order chi connectivity index (χ0) is 13.0. The molecule has 1 saturated carbocycles. The average Bonchev–Trinajstić information content (AvgIpc) is 2.55. The number of nitrogens with one attached hydrogen (secondary N) is 2. The first-order valence-corrected chi connectivity index (χ1v) is 7.69. The summed E-state index contributed by atoms with van der Waals surface area (Å²) < 4.78 is 0. The summed E-state index contributed by atoms with van der Waals surface area (Å²) in [7, 11) is 0. The molecule has 2 N–H and O–H groups in total. The van der Waals surface area contributed by atoms with E-state index >= 15 is 0 Å². The molecule has 0 aromatic carbocycles. The number of amides is 1. The van der Waals surface area contributed by atoms with Crippen molar-refractivity contribution in [3.63, 3.8) is 0 Å². The van der Waals surface area contributed by atoms with Crippen molar-refractivity contribution in [1.82, 2.24) is 10.6 Å². The lowest BCUT2D eigenvalue weighted by Crippen LogP contribution is -2.47. The van der Waals surface area contributed by atoms with Crippen LogP contribution < -0.4 is 10.6 Å². The highest BCUT2D eigenvalue weighted by Gasteiger charge is 2.30. The molecule has 3 nitrogen and oxygen atoms in total. The first-order valence-electron chi connectivity index (χ1n) is 7.69. The van der Waals surface area contributed by atoms with E-state index in [0.29, 0.717) is 23.8 Å². The third-order valence-electron chi connectivity index (χ3n) is 4.81. The summed E-state index contributed by atoms with van der Waals surface area (Å²) in [6.07, 6.45) is 7.38. The highest BCUT2D eigenvalue weighted by atomic mass is 16.2. The first-order chi connectivity index (χ1) is 8.68. The summed E-state index contributed by atoms with van der Waals surface area (Å²) in [6, 6.07) is 0.419. The standard InChI is InChI=1S/C15H28N2O/c1-11-6-4-3-5-7-14(11)17-15(18)13-8-9-16-10-12(13)2/h11-14,16H,3-10H2,1-2H3,(H,17,18). The van der Waals surface area contributed by atoms with E-state index in [4.69, 9.17) is 0 Å². The summed E-state index contributed by atoms with van der Waals surface area (Å²) >= 11 is 0. The van der Waals surface area contributed by atoms with Crippen molar-refractivity contribution in [2.45, 2.75) is 58.4 Å². The van der Waals surface area contributed by atoms with Crippen LogP contribution >= 0.6 is 0 Å². The molecule has 3 heteroatoms. The second-order valence-electron chi connectivity index (χ2n) is 6.31. The van der Waals surface area contributed by atoms with Gasteiger partial charge in [0.1, 0.15) is 0 Å². The molecule has 104 valence electrons. The molecule has 2 aliphatic rings. The van der Waals surface area contributed by atoms with Gasteiger partial charge >= 0.3 is 0 Å². The smallest absolute Gasteiger partial charge is 0.223 e. The maximum Gasteiger partial charge on any atom is 0.223 e. The van der Waals surface area contributed by atoms with Crippen LogP contribution in [-0.4, -0.2) is 25.0 Å². The van der Waals surface area contributed by atoms with Crippen molar-refractivity contribution >= 4 is 5.91 Å². The molecule has 1 aliphatic heterocycles. The van der Waals surface area contributed by atoms with Crippen molar-refractivity contribution < 1.29 is 4.79 Å². The van der Waals surface area contributed by atoms with E-state index < -0.39 is 0 Å². The zero-order valence-electron chi connectivity index (χ0n) is 11.9. The van der Waals surface area contributed by atoms with E-state index in [9.17, 15) is 4.79 Å². The third kappa shape index (κ3) is 3.47. The Hall–Kier alpha value is -0.570. The van der Waals surface area contributed by atoms with Gasteiger partial charge in [-0.1, -0.05) is 33.1 Å². The summed E-state index contributed by atoms with van der Waals surface area (Å²) in [5.74, 6) is 1.65. The minimum absolute atomic E-state index is 0.224. The Morgan fingerprint density at radius 1 is 1.06 bits per heavy atom. The van der Waals surface area contributed by atoms with Crippen LogP contribution in [0.4, 0.5) is 0 Å². The first kappa shape index (κ1) is 13.9. The number of hydrogen-bond donors (Lipinski definition) is 2. The summed E-state index contributed by atoms with van der Waals surface area (Å²) in [4.78, 5) is 12.4. The lowest BCUT2D eigenvalue weighted by Gasteiger charge is -2.31. The molecule has 0 radical (unpaired) electrons. The molecule has 4 unspecified atom stereocenters. The molecule has 1 saturated heterocycles. The monoisotopic (exact) mass is 252 g/mol. The quantitative estimate of drug-likeness (QED) is 0.741. The SMILES string of the molecule is CC1CCCCCC1NC(=O)C1CCNCC1C. The highest BCUT2D eigenvalue weighted by Crippen LogP contribution is 2.25. The van der Waals surface area contributed by atoms with Crippen LogP contribution in [0.5, 0.6) is 0 Å². The van der Waals surface area contributed by atoms with Crippen LogP contribution in [0.25, 0.3) is 0 Å². The van der Waals surface area contributed by atoms with Gasteiger partial charge in [0.05, 0.1) is 0 Å². The van der Waals surface area contributed by atoms with Crippen LogP contribution in [0.2, 0.25) is 0 Å². The topological polar surface area (TPSA) is 41.1 Å². The molecule has 18 heavy (non-hydrogen) atoms. The van der Waals surface area contributed by atoms with E-state index in [1.54, 1.807) is 0 Å². The maximum atomic E-state index is 12.4. The fourth-order valence-electron chi connectivity index (χ4n) is 3.40. The van der Waals surface area contributed by atoms with E-state index in [1.807, 2.05) is 0 Å². The Morgan fingerprint density at radius 2 is 1.83 bits per heavy atom. The molecular weight excluding hydrogens is 224 g/mol. The second-order valence-corrected chi connectivity index (χ2v) is 6.31. The highest BCUT2D eigenvalue weighted by molar-refractivity contribution is 5.79. The number of carbonyl (C=O) groups excluding carboxylic acids is 1. The summed E-state index contributed by atoms with van der Waals surface area (Å²) in [5, 5.41) is 6.70. The lowest BCUT2D eigenvalue weighted by molar-refractivity contribution is -0.128. The van der Waals surface area contributed by atoms with Crippen molar-refractivity contribution in [3.8, 4) is 0 Å². The Labute approximate surface area is 111 Å². The van der Waals surface area contributed by atoms with Crippen LogP contribution in [0, 0.1) is 17.8 Å². The molecule has 2 rings (SSSR count). The molecule has 2 fully saturated rings. The molecule has 4 atom stereocenters. The van der Waals surface area contributed by atoms with Gasteiger partial charge in [0, 0.05) is 12.0 Å². The van der Waals surface area contributed by atoms with Crippen molar-refractivity contribution in [2.24, 2.45) is 17.8 Å². The van der Waals surface area contributed by atoms with Crippen LogP contribution in [0.15, 0.2) is 0 Å². The maximum absolute atomic E-state index is 12.4. The molecule has 1 heterocycles. The van der Waals surface area contributed by atoms with Crippen molar-refractivity contribution in [3.05, 3.63) is 0 Å². The van der Waals surface area contributed by atoms with Crippen molar-refractivity contribution in [2.75, 3.05) is 13.1 Å². The largest absolute Gasteiger partial charge is 0.353 e. The van der Waals surface area contributed by atoms with Crippen LogP contribution in [0.3, 0.4) is 0 Å². The van der Waals surface area contributed by atoms with E-state index in [1.165, 1.54) is 32.1 Å². The van der Waals surface area contributed by atoms with Gasteiger partial charge in [0.25, 0.3) is 0 Å². The second kappa shape index (κ2) is 6.55. The number of piperidine rings is 1. The van der Waals surface area contributed by atoms with Crippen molar-refractivity contribution in [1.29, 1.82) is 0 Å². The van der Waals surface area contributed by atoms with Crippen LogP contribution in [0.1, 0.15) is 52.4 Å². The Bertz CT molecular complexity index is 280. The minimum Gasteiger partial charge on any atom is -0.353 e. The van der Waals surface area contributed by atoms with Gasteiger partial charge in [-0.05, 0) is 44.2 Å². The van der Waals surface area contributed by atoms with E-state index in [2.05, 4.69) is 24.5 Å². The van der Waals surface area contributed by atoms with Gasteiger partial charge < -0.3 is 10.6 Å². The molecular formula is C15H28N2O. The molecule has 0 bridgehead atoms. The predicted molar refractivity (Wildman–Crippen MR) is 74.3 cm³/mol. The lowest BCUT2D eigenvalue weighted by atomic mass is 9.86. The van der Waals surface area contributed by atoms with Gasteiger partial charge in [-0.3, -0.25) is 4.79 Å². The third-order valence-corrected chi connectivity index (χ3v) is 4.81. The van der Waals surface area contributed by atoms with Gasteiger partial charge in [0.2, 0.25) is 5.91 Å². The van der Waals surface area contributed by atoms with Gasteiger partial charge in [-0.2, -0.15) is 0 Å². The summed E-state index contributed by atoms with van der Waals surface area (Å²) in [5.41, 5.74) is 0. The Kier molecular flexibility index (Phi) is 5.04. The van der Waals surface area contributed by atoms with Crippen LogP contribution in [-0.2, 0) is 4.79 Å². The van der Waals surface area contributed by atoms with E-state index in [-0.39, 0.29) is 5.92 Å². The van der Waals surface area contributed by atoms with E-state index in [0.717, 1.165) is 19.5 Å². The molecule has 0 aromatic heterocycles. The number of carbonyl (C=O) groups is 1. The predicted octanol–water partition coefficient (Wildman–Crippen LogP) is 2.32. The van der Waals surface area contributed by atoms with Gasteiger partial charge in [-0.25, -0.2) is 0 Å². The number of hydrogen-bond acceptors (Lipinski definition) is 2. The molecule has 0 aromatic rings. The molecule has 0 spiro atoms. The normalized spacial score (nSPS) is 37.9. The number of rotatable bonds is 2. The summed E-state index contributed by atoms with van der Waals surface area (Å²) in [6.45, 7) is 6.45. The molecule has 1 aliphatic carbocycles. The van der Waals surface area contributed by atoms with Gasteiger partial charge in [-0.15, -0.1) is 0 Å². The minimum atomic E-state index is 0.224. The fraction of sp³-hybridized carbons (Fsp3) is 0.933. The molecule has 1 amide bonds. The Morgan fingerprint density at radius 3 is 2.61 bits per heavy atom. The zero-order valence-corrected chi connectivity index (χ0v) is 11.9. The Balaban J connectivity index is 1.88.